The van der Waals surface area contributed by atoms with Gasteiger partial charge in [0.15, 0.2) is 5.76 Å². The summed E-state index contributed by atoms with van der Waals surface area (Å²) in [5.41, 5.74) is 3.03. The number of imidazole rings is 1. The highest BCUT2D eigenvalue weighted by Gasteiger charge is 2.14. The normalized spacial score (nSPS) is 11.1. The maximum Gasteiger partial charge on any atom is 0.291 e. The lowest BCUT2D eigenvalue weighted by atomic mass is 10.2. The van der Waals surface area contributed by atoms with Crippen LogP contribution < -0.4 is 5.32 Å². The van der Waals surface area contributed by atoms with Gasteiger partial charge < -0.3 is 14.7 Å². The zero-order chi connectivity index (χ0) is 20.5. The number of hydrogen-bond acceptors (Lipinski definition) is 4. The molecule has 0 radical (unpaired) electrons. The van der Waals surface area contributed by atoms with E-state index in [2.05, 4.69) is 20.4 Å². The Kier molecular flexibility index (Phi) is 4.57. The van der Waals surface area contributed by atoms with Crippen LogP contribution in [0, 0.1) is 0 Å². The van der Waals surface area contributed by atoms with E-state index in [4.69, 9.17) is 16.0 Å². The molecule has 2 aromatic carbocycles. The molecule has 148 valence electrons. The van der Waals surface area contributed by atoms with Crippen molar-refractivity contribution >= 4 is 34.2 Å². The van der Waals surface area contributed by atoms with Gasteiger partial charge in [-0.2, -0.15) is 5.10 Å². The molecule has 0 atom stereocenters. The third kappa shape index (κ3) is 3.58. The molecule has 2 N–H and O–H groups in total. The molecule has 0 aliphatic rings. The van der Waals surface area contributed by atoms with E-state index >= 15 is 0 Å². The van der Waals surface area contributed by atoms with Crippen LogP contribution in [0.4, 0.5) is 5.69 Å². The molecule has 0 unspecified atom stereocenters. The van der Waals surface area contributed by atoms with Crippen molar-refractivity contribution in [3.05, 3.63) is 89.6 Å². The van der Waals surface area contributed by atoms with Crippen LogP contribution in [-0.2, 0) is 6.54 Å². The van der Waals surface area contributed by atoms with Gasteiger partial charge in [0.05, 0.1) is 22.6 Å². The molecule has 0 spiro atoms. The summed E-state index contributed by atoms with van der Waals surface area (Å²) in [6.07, 6.45) is 3.53. The van der Waals surface area contributed by atoms with E-state index in [0.29, 0.717) is 28.8 Å². The van der Waals surface area contributed by atoms with Gasteiger partial charge in [-0.05, 0) is 48.5 Å². The number of aromatic nitrogens is 4. The van der Waals surface area contributed by atoms with Gasteiger partial charge in [0.1, 0.15) is 11.6 Å². The Morgan fingerprint density at radius 2 is 2.03 bits per heavy atom. The second kappa shape index (κ2) is 7.53. The average Bonchev–Trinajstić information content (AvgIpc) is 3.49. The molecule has 0 bridgehead atoms. The number of furan rings is 1. The third-order valence-corrected chi connectivity index (χ3v) is 4.96. The summed E-state index contributed by atoms with van der Waals surface area (Å²) in [7, 11) is 0. The molecular weight excluding hydrogens is 402 g/mol. The number of anilines is 1. The van der Waals surface area contributed by atoms with E-state index in [0.717, 1.165) is 16.6 Å². The highest BCUT2D eigenvalue weighted by Crippen LogP contribution is 2.28. The Morgan fingerprint density at radius 3 is 2.87 bits per heavy atom. The summed E-state index contributed by atoms with van der Waals surface area (Å²) in [5, 5.41) is 7.60. The van der Waals surface area contributed by atoms with E-state index < -0.39 is 0 Å². The number of carbonyl (C=O) groups is 1. The standard InChI is InChI=1S/C22H16ClN5O2/c23-17-5-2-1-4-16(17)21-26-18-8-6-14(12-19(18)27-21)25-22(29)20-9-7-15(30-20)13-28-11-3-10-24-28/h1-12H,13H2,(H,25,29)(H,26,27). The molecule has 0 aliphatic heterocycles. The Balaban J connectivity index is 1.34. The molecule has 0 saturated carbocycles. The summed E-state index contributed by atoms with van der Waals surface area (Å²) in [6, 6.07) is 18.2. The fourth-order valence-electron chi connectivity index (χ4n) is 3.20. The first-order chi connectivity index (χ1) is 14.7. The Labute approximate surface area is 176 Å². The highest BCUT2D eigenvalue weighted by molar-refractivity contribution is 6.33. The molecular formula is C22H16ClN5O2. The second-order valence-electron chi connectivity index (χ2n) is 6.72. The quantitative estimate of drug-likeness (QED) is 0.422. The van der Waals surface area contributed by atoms with Crippen molar-refractivity contribution in [1.29, 1.82) is 0 Å². The summed E-state index contributed by atoms with van der Waals surface area (Å²) in [5.74, 6) is 1.23. The lowest BCUT2D eigenvalue weighted by Crippen LogP contribution is -2.10. The van der Waals surface area contributed by atoms with Crippen molar-refractivity contribution < 1.29 is 9.21 Å². The van der Waals surface area contributed by atoms with E-state index in [-0.39, 0.29) is 11.7 Å². The summed E-state index contributed by atoms with van der Waals surface area (Å²) in [6.45, 7) is 0.463. The molecule has 3 aromatic heterocycles. The van der Waals surface area contributed by atoms with Gasteiger partial charge in [-0.3, -0.25) is 9.48 Å². The Bertz CT molecular complexity index is 1340. The summed E-state index contributed by atoms with van der Waals surface area (Å²) >= 11 is 6.27. The number of amides is 1. The lowest BCUT2D eigenvalue weighted by molar-refractivity contribution is 0.0994. The molecule has 8 heteroatoms. The third-order valence-electron chi connectivity index (χ3n) is 4.63. The number of nitrogens with zero attached hydrogens (tertiary/aromatic N) is 3. The molecule has 3 heterocycles. The average molecular weight is 418 g/mol. The minimum Gasteiger partial charge on any atom is -0.454 e. The van der Waals surface area contributed by atoms with Crippen LogP contribution in [0.1, 0.15) is 16.3 Å². The van der Waals surface area contributed by atoms with Crippen molar-refractivity contribution in [2.24, 2.45) is 0 Å². The topological polar surface area (TPSA) is 88.7 Å². The minimum absolute atomic E-state index is 0.235. The number of carbonyl (C=O) groups excluding carboxylic acids is 1. The highest BCUT2D eigenvalue weighted by atomic mass is 35.5. The van der Waals surface area contributed by atoms with Crippen LogP contribution >= 0.6 is 11.6 Å². The number of halogens is 1. The molecule has 0 saturated heterocycles. The first-order valence-electron chi connectivity index (χ1n) is 9.28. The minimum atomic E-state index is -0.327. The van der Waals surface area contributed by atoms with Gasteiger partial charge in [0.25, 0.3) is 5.91 Å². The van der Waals surface area contributed by atoms with Gasteiger partial charge in [0.2, 0.25) is 0 Å². The predicted octanol–water partition coefficient (Wildman–Crippen LogP) is 4.97. The van der Waals surface area contributed by atoms with Gasteiger partial charge in [-0.25, -0.2) is 4.98 Å². The first-order valence-corrected chi connectivity index (χ1v) is 9.66. The van der Waals surface area contributed by atoms with Gasteiger partial charge in [0, 0.05) is 23.6 Å². The molecule has 1 amide bonds. The molecule has 0 fully saturated rings. The molecule has 30 heavy (non-hydrogen) atoms. The fourth-order valence-corrected chi connectivity index (χ4v) is 3.42. The zero-order valence-electron chi connectivity index (χ0n) is 15.7. The van der Waals surface area contributed by atoms with Crippen molar-refractivity contribution in [3.8, 4) is 11.4 Å². The van der Waals surface area contributed by atoms with E-state index in [1.807, 2.05) is 48.7 Å². The molecule has 5 rings (SSSR count). The maximum atomic E-state index is 12.6. The number of nitrogens with one attached hydrogen (secondary N) is 2. The van der Waals surface area contributed by atoms with Crippen LogP contribution in [0.5, 0.6) is 0 Å². The van der Waals surface area contributed by atoms with Crippen molar-refractivity contribution in [2.45, 2.75) is 6.54 Å². The lowest BCUT2D eigenvalue weighted by Gasteiger charge is -2.03. The largest absolute Gasteiger partial charge is 0.454 e. The number of aromatic amines is 1. The molecule has 7 nitrogen and oxygen atoms in total. The van der Waals surface area contributed by atoms with Crippen molar-refractivity contribution in [2.75, 3.05) is 5.32 Å². The van der Waals surface area contributed by atoms with Crippen molar-refractivity contribution in [1.82, 2.24) is 19.7 Å². The van der Waals surface area contributed by atoms with Crippen LogP contribution in [0.3, 0.4) is 0 Å². The maximum absolute atomic E-state index is 12.6. The van der Waals surface area contributed by atoms with E-state index in [1.165, 1.54) is 0 Å². The zero-order valence-corrected chi connectivity index (χ0v) is 16.4. The number of H-pyrrole nitrogens is 1. The van der Waals surface area contributed by atoms with Crippen LogP contribution in [0.15, 0.2) is 77.5 Å². The fraction of sp³-hybridized carbons (Fsp3) is 0.0455. The second-order valence-corrected chi connectivity index (χ2v) is 7.13. The number of fused-ring (bicyclic) bond motifs is 1. The van der Waals surface area contributed by atoms with E-state index in [1.54, 1.807) is 29.1 Å². The summed E-state index contributed by atoms with van der Waals surface area (Å²) in [4.78, 5) is 20.4. The predicted molar refractivity (Wildman–Crippen MR) is 115 cm³/mol. The monoisotopic (exact) mass is 417 g/mol. The van der Waals surface area contributed by atoms with Gasteiger partial charge in [-0.15, -0.1) is 0 Å². The van der Waals surface area contributed by atoms with Crippen LogP contribution in [0.25, 0.3) is 22.4 Å². The number of hydrogen-bond donors (Lipinski definition) is 2. The van der Waals surface area contributed by atoms with Gasteiger partial charge >= 0.3 is 0 Å². The molecule has 5 aromatic rings. The number of benzene rings is 2. The smallest absolute Gasteiger partial charge is 0.291 e. The Morgan fingerprint density at radius 1 is 1.13 bits per heavy atom. The number of rotatable bonds is 5. The summed E-state index contributed by atoms with van der Waals surface area (Å²) < 4.78 is 7.37. The van der Waals surface area contributed by atoms with Crippen molar-refractivity contribution in [3.63, 3.8) is 0 Å². The molecule has 0 aliphatic carbocycles. The van der Waals surface area contributed by atoms with Crippen LogP contribution in [0.2, 0.25) is 5.02 Å². The van der Waals surface area contributed by atoms with Gasteiger partial charge in [-0.1, -0.05) is 23.7 Å². The first kappa shape index (κ1) is 18.2. The van der Waals surface area contributed by atoms with Crippen LogP contribution in [-0.4, -0.2) is 25.7 Å². The SMILES string of the molecule is O=C(Nc1ccc2nc(-c3ccccc3Cl)[nH]c2c1)c1ccc(Cn2cccn2)o1. The Hall–Kier alpha value is -3.84. The van der Waals surface area contributed by atoms with E-state index in [9.17, 15) is 4.79 Å².